The van der Waals surface area contributed by atoms with Crippen molar-refractivity contribution in [1.29, 1.82) is 0 Å². The van der Waals surface area contributed by atoms with E-state index in [4.69, 9.17) is 0 Å². The van der Waals surface area contributed by atoms with Crippen molar-refractivity contribution in [3.8, 4) is 11.5 Å². The maximum Gasteiger partial charge on any atom is 0.298 e. The summed E-state index contributed by atoms with van der Waals surface area (Å²) in [5.74, 6) is 0.509. The number of H-pyrrole nitrogens is 1. The Morgan fingerprint density at radius 2 is 2.22 bits per heavy atom. The zero-order chi connectivity index (χ0) is 12.5. The SMILES string of the molecule is O=c1c(-n2ccnn2)c[nH]n1-c1ccc(Br)cn1. The van der Waals surface area contributed by atoms with Crippen molar-refractivity contribution in [2.75, 3.05) is 0 Å². The first-order chi connectivity index (χ1) is 8.75. The number of halogens is 1. The molecule has 0 unspecified atom stereocenters. The normalized spacial score (nSPS) is 10.7. The van der Waals surface area contributed by atoms with E-state index in [-0.39, 0.29) is 5.56 Å². The topological polar surface area (TPSA) is 81.4 Å². The molecule has 3 aromatic rings. The van der Waals surface area contributed by atoms with Crippen molar-refractivity contribution in [1.82, 2.24) is 29.8 Å². The largest absolute Gasteiger partial charge is 0.298 e. The number of hydrogen-bond acceptors (Lipinski definition) is 4. The molecule has 0 fully saturated rings. The molecule has 0 aliphatic carbocycles. The third kappa shape index (κ3) is 1.76. The van der Waals surface area contributed by atoms with Gasteiger partial charge in [-0.1, -0.05) is 5.21 Å². The van der Waals surface area contributed by atoms with E-state index in [1.54, 1.807) is 24.7 Å². The Labute approximate surface area is 109 Å². The number of nitrogens with one attached hydrogen (secondary N) is 1. The number of aromatic nitrogens is 6. The van der Waals surface area contributed by atoms with Gasteiger partial charge in [0.15, 0.2) is 11.5 Å². The number of pyridine rings is 1. The van der Waals surface area contributed by atoms with Crippen LogP contribution in [0.3, 0.4) is 0 Å². The first-order valence-electron chi connectivity index (χ1n) is 5.05. The summed E-state index contributed by atoms with van der Waals surface area (Å²) in [6.07, 6.45) is 6.29. The molecule has 0 saturated heterocycles. The van der Waals surface area contributed by atoms with Gasteiger partial charge in [0.1, 0.15) is 0 Å². The van der Waals surface area contributed by atoms with Crippen LogP contribution in [0.1, 0.15) is 0 Å². The van der Waals surface area contributed by atoms with Gasteiger partial charge >= 0.3 is 0 Å². The van der Waals surface area contributed by atoms with Crippen LogP contribution in [0.25, 0.3) is 11.5 Å². The first-order valence-corrected chi connectivity index (χ1v) is 5.84. The number of rotatable bonds is 2. The molecular weight excluding hydrogens is 300 g/mol. The highest BCUT2D eigenvalue weighted by Gasteiger charge is 2.10. The molecule has 3 rings (SSSR count). The average molecular weight is 307 g/mol. The third-order valence-electron chi connectivity index (χ3n) is 2.36. The molecule has 0 aliphatic heterocycles. The summed E-state index contributed by atoms with van der Waals surface area (Å²) in [6.45, 7) is 0. The second kappa shape index (κ2) is 4.22. The van der Waals surface area contributed by atoms with Crippen molar-refractivity contribution in [3.05, 3.63) is 51.7 Å². The lowest BCUT2D eigenvalue weighted by Gasteiger charge is -1.99. The minimum Gasteiger partial charge on any atom is -0.295 e. The van der Waals surface area contributed by atoms with Crippen molar-refractivity contribution >= 4 is 15.9 Å². The van der Waals surface area contributed by atoms with Gasteiger partial charge in [0, 0.05) is 10.7 Å². The summed E-state index contributed by atoms with van der Waals surface area (Å²) in [4.78, 5) is 16.3. The van der Waals surface area contributed by atoms with Gasteiger partial charge in [0.25, 0.3) is 5.56 Å². The van der Waals surface area contributed by atoms with Crippen LogP contribution in [0.2, 0.25) is 0 Å². The average Bonchev–Trinajstić information content (AvgIpc) is 2.99. The van der Waals surface area contributed by atoms with Crippen LogP contribution in [0.15, 0.2) is 46.2 Å². The monoisotopic (exact) mass is 306 g/mol. The van der Waals surface area contributed by atoms with Gasteiger partial charge in [-0.05, 0) is 28.1 Å². The molecule has 3 heterocycles. The summed E-state index contributed by atoms with van der Waals surface area (Å²) >= 11 is 3.29. The summed E-state index contributed by atoms with van der Waals surface area (Å²) in [6, 6.07) is 3.54. The molecule has 0 saturated carbocycles. The third-order valence-corrected chi connectivity index (χ3v) is 2.83. The van der Waals surface area contributed by atoms with Crippen molar-refractivity contribution in [3.63, 3.8) is 0 Å². The van der Waals surface area contributed by atoms with E-state index >= 15 is 0 Å². The zero-order valence-electron chi connectivity index (χ0n) is 8.99. The molecule has 0 aliphatic rings. The van der Waals surface area contributed by atoms with E-state index in [0.717, 1.165) is 4.47 Å². The molecule has 7 nitrogen and oxygen atoms in total. The van der Waals surface area contributed by atoms with Crippen molar-refractivity contribution in [2.24, 2.45) is 0 Å². The Balaban J connectivity index is 2.10. The lowest BCUT2D eigenvalue weighted by molar-refractivity contribution is 0.786. The molecule has 0 spiro atoms. The maximum absolute atomic E-state index is 12.1. The van der Waals surface area contributed by atoms with Crippen molar-refractivity contribution < 1.29 is 0 Å². The molecule has 90 valence electrons. The molecule has 1 N–H and O–H groups in total. The molecule has 8 heteroatoms. The van der Waals surface area contributed by atoms with E-state index < -0.39 is 0 Å². The number of aromatic amines is 1. The highest BCUT2D eigenvalue weighted by molar-refractivity contribution is 9.10. The van der Waals surface area contributed by atoms with Gasteiger partial charge in [-0.15, -0.1) is 5.10 Å². The molecule has 3 aromatic heterocycles. The minimum atomic E-state index is -0.240. The van der Waals surface area contributed by atoms with Crippen LogP contribution in [0.4, 0.5) is 0 Å². The van der Waals surface area contributed by atoms with E-state index in [0.29, 0.717) is 11.5 Å². The predicted molar refractivity (Wildman–Crippen MR) is 66.8 cm³/mol. The standard InChI is InChI=1S/C10H7BrN6O/c11-7-1-2-9(12-5-7)17-10(18)8(6-14-17)16-4-3-13-15-16/h1-6,14H. The maximum atomic E-state index is 12.1. The number of hydrogen-bond donors (Lipinski definition) is 1. The second-order valence-electron chi connectivity index (χ2n) is 3.48. The van der Waals surface area contributed by atoms with Crippen molar-refractivity contribution in [2.45, 2.75) is 0 Å². The summed E-state index contributed by atoms with van der Waals surface area (Å²) in [5, 5.41) is 10.3. The zero-order valence-corrected chi connectivity index (χ0v) is 10.6. The van der Waals surface area contributed by atoms with Gasteiger partial charge in [-0.2, -0.15) is 4.68 Å². The van der Waals surface area contributed by atoms with Crippen LogP contribution >= 0.6 is 15.9 Å². The predicted octanol–water partition coefficient (Wildman–Crippen LogP) is 0.904. The van der Waals surface area contributed by atoms with Crippen LogP contribution in [-0.4, -0.2) is 29.8 Å². The van der Waals surface area contributed by atoms with Crippen LogP contribution in [0, 0.1) is 0 Å². The number of nitrogens with zero attached hydrogens (tertiary/aromatic N) is 5. The quantitative estimate of drug-likeness (QED) is 0.763. The van der Waals surface area contributed by atoms with E-state index in [1.807, 2.05) is 6.07 Å². The Bertz CT molecular complexity index is 712. The summed E-state index contributed by atoms with van der Waals surface area (Å²) < 4.78 is 3.58. The minimum absolute atomic E-state index is 0.240. The van der Waals surface area contributed by atoms with Gasteiger partial charge in [-0.25, -0.2) is 9.67 Å². The fourth-order valence-corrected chi connectivity index (χ4v) is 1.77. The molecule has 0 aromatic carbocycles. The van der Waals surface area contributed by atoms with Crippen LogP contribution in [0.5, 0.6) is 0 Å². The smallest absolute Gasteiger partial charge is 0.295 e. The summed E-state index contributed by atoms with van der Waals surface area (Å²) in [5.41, 5.74) is 0.146. The van der Waals surface area contributed by atoms with Crippen LogP contribution < -0.4 is 5.56 Å². The summed E-state index contributed by atoms with van der Waals surface area (Å²) in [7, 11) is 0. The van der Waals surface area contributed by atoms with Gasteiger partial charge in [0.05, 0.1) is 18.6 Å². The Morgan fingerprint density at radius 3 is 2.89 bits per heavy atom. The molecule has 0 bridgehead atoms. The Morgan fingerprint density at radius 1 is 1.33 bits per heavy atom. The van der Waals surface area contributed by atoms with Crippen LogP contribution in [-0.2, 0) is 0 Å². The molecule has 18 heavy (non-hydrogen) atoms. The molecule has 0 atom stereocenters. The van der Waals surface area contributed by atoms with E-state index in [9.17, 15) is 4.79 Å². The molecular formula is C10H7BrN6O. The van der Waals surface area contributed by atoms with Gasteiger partial charge in [0.2, 0.25) is 0 Å². The van der Waals surface area contributed by atoms with Gasteiger partial charge in [-0.3, -0.25) is 9.89 Å². The molecule has 0 amide bonds. The Hall–Kier alpha value is -2.22. The fraction of sp³-hybridized carbons (Fsp3) is 0. The van der Waals surface area contributed by atoms with Gasteiger partial charge < -0.3 is 0 Å². The second-order valence-corrected chi connectivity index (χ2v) is 4.40. The molecule has 0 radical (unpaired) electrons. The lowest BCUT2D eigenvalue weighted by atomic mass is 10.4. The lowest BCUT2D eigenvalue weighted by Crippen LogP contribution is -2.19. The van der Waals surface area contributed by atoms with E-state index in [1.165, 1.54) is 15.6 Å². The van der Waals surface area contributed by atoms with E-state index in [2.05, 4.69) is 36.3 Å². The highest BCUT2D eigenvalue weighted by Crippen LogP contribution is 2.09. The fourth-order valence-electron chi connectivity index (χ4n) is 1.53. The Kier molecular flexibility index (Phi) is 2.56. The highest BCUT2D eigenvalue weighted by atomic mass is 79.9. The first kappa shape index (κ1) is 10.9.